The lowest BCUT2D eigenvalue weighted by Crippen LogP contribution is -1.94. The van der Waals surface area contributed by atoms with Crippen LogP contribution in [-0.4, -0.2) is 4.57 Å². The molecule has 11 aromatic rings. The van der Waals surface area contributed by atoms with E-state index in [9.17, 15) is 0 Å². The number of furan rings is 2. The van der Waals surface area contributed by atoms with Crippen LogP contribution in [0.4, 0.5) is 0 Å². The molecule has 226 valence electrons. The summed E-state index contributed by atoms with van der Waals surface area (Å²) in [7, 11) is 0. The molecule has 49 heavy (non-hydrogen) atoms. The molecule has 3 nitrogen and oxygen atoms in total. The van der Waals surface area contributed by atoms with Gasteiger partial charge in [0.15, 0.2) is 0 Å². The molecule has 0 atom stereocenters. The van der Waals surface area contributed by atoms with E-state index < -0.39 is 0 Å². The lowest BCUT2D eigenvalue weighted by atomic mass is 9.96. The van der Waals surface area contributed by atoms with E-state index in [1.165, 1.54) is 66.0 Å². The van der Waals surface area contributed by atoms with Crippen molar-refractivity contribution in [2.24, 2.45) is 0 Å². The van der Waals surface area contributed by atoms with E-state index in [-0.39, 0.29) is 0 Å². The summed E-state index contributed by atoms with van der Waals surface area (Å²) in [6.45, 7) is 0. The zero-order valence-corrected chi connectivity index (χ0v) is 26.2. The molecule has 1 aliphatic carbocycles. The summed E-state index contributed by atoms with van der Waals surface area (Å²) in [5.74, 6) is 0. The van der Waals surface area contributed by atoms with Crippen molar-refractivity contribution in [3.05, 3.63) is 152 Å². The van der Waals surface area contributed by atoms with Crippen molar-refractivity contribution in [1.29, 1.82) is 0 Å². The molecule has 3 heteroatoms. The number of hydrogen-bond acceptors (Lipinski definition) is 2. The van der Waals surface area contributed by atoms with Crippen LogP contribution in [0.5, 0.6) is 0 Å². The van der Waals surface area contributed by atoms with E-state index in [4.69, 9.17) is 8.83 Å². The Morgan fingerprint density at radius 2 is 0.939 bits per heavy atom. The van der Waals surface area contributed by atoms with Crippen molar-refractivity contribution in [2.45, 2.75) is 0 Å². The van der Waals surface area contributed by atoms with Gasteiger partial charge in [-0.05, 0) is 98.8 Å². The normalized spacial score (nSPS) is 12.5. The minimum atomic E-state index is 0.893. The Morgan fingerprint density at radius 3 is 1.78 bits per heavy atom. The highest BCUT2D eigenvalue weighted by molar-refractivity contribution is 6.29. The summed E-state index contributed by atoms with van der Waals surface area (Å²) in [4.78, 5) is 0. The van der Waals surface area contributed by atoms with Gasteiger partial charge in [-0.3, -0.25) is 0 Å². The van der Waals surface area contributed by atoms with Crippen LogP contribution in [0.1, 0.15) is 0 Å². The zero-order valence-electron chi connectivity index (χ0n) is 26.2. The van der Waals surface area contributed by atoms with Gasteiger partial charge < -0.3 is 13.4 Å². The lowest BCUT2D eigenvalue weighted by molar-refractivity contribution is 0.668. The third kappa shape index (κ3) is 3.31. The lowest BCUT2D eigenvalue weighted by Gasteiger charge is -2.10. The minimum Gasteiger partial charge on any atom is -0.456 e. The molecule has 12 rings (SSSR count). The first-order chi connectivity index (χ1) is 24.3. The Balaban J connectivity index is 1.18. The van der Waals surface area contributed by atoms with E-state index in [0.29, 0.717) is 0 Å². The highest BCUT2D eigenvalue weighted by Crippen LogP contribution is 2.51. The maximum atomic E-state index is 6.40. The van der Waals surface area contributed by atoms with Crippen LogP contribution < -0.4 is 0 Å². The number of benzene rings is 8. The molecule has 8 aromatic carbocycles. The highest BCUT2D eigenvalue weighted by Gasteiger charge is 2.26. The molecule has 0 saturated carbocycles. The van der Waals surface area contributed by atoms with Gasteiger partial charge in [0.25, 0.3) is 0 Å². The second-order valence-electron chi connectivity index (χ2n) is 13.2. The smallest absolute Gasteiger partial charge is 0.137 e. The van der Waals surface area contributed by atoms with E-state index >= 15 is 0 Å². The second-order valence-corrected chi connectivity index (χ2v) is 13.2. The summed E-state index contributed by atoms with van der Waals surface area (Å²) >= 11 is 0. The molecule has 0 spiro atoms. The largest absolute Gasteiger partial charge is 0.456 e. The van der Waals surface area contributed by atoms with E-state index in [0.717, 1.165) is 49.6 Å². The first kappa shape index (κ1) is 25.5. The van der Waals surface area contributed by atoms with Crippen molar-refractivity contribution in [1.82, 2.24) is 4.57 Å². The van der Waals surface area contributed by atoms with Gasteiger partial charge in [-0.25, -0.2) is 0 Å². The first-order valence-corrected chi connectivity index (χ1v) is 16.8. The molecule has 0 radical (unpaired) electrons. The molecule has 0 unspecified atom stereocenters. The van der Waals surface area contributed by atoms with Crippen LogP contribution in [0.15, 0.2) is 160 Å². The molecule has 0 fully saturated rings. The van der Waals surface area contributed by atoms with Gasteiger partial charge in [0.1, 0.15) is 22.3 Å². The SMILES string of the molecule is c1ccc2c(c1)-c1cccc3c1c-2cc1c3c2cc(-c3ccc4oc5ccccc5c4c3)ccc2n1-c1ccc2c(c1)oc1ccccc12. The predicted octanol–water partition coefficient (Wildman–Crippen LogP) is 13.1. The molecule has 0 N–H and O–H groups in total. The summed E-state index contributed by atoms with van der Waals surface area (Å²) in [6, 6.07) is 54.7. The third-order valence-electron chi connectivity index (χ3n) is 10.7. The van der Waals surface area contributed by atoms with E-state index in [1.807, 2.05) is 24.3 Å². The topological polar surface area (TPSA) is 31.2 Å². The Kier molecular flexibility index (Phi) is 4.72. The van der Waals surface area contributed by atoms with Crippen molar-refractivity contribution in [3.63, 3.8) is 0 Å². The van der Waals surface area contributed by atoms with Crippen molar-refractivity contribution < 1.29 is 8.83 Å². The fourth-order valence-electron chi connectivity index (χ4n) is 8.60. The fraction of sp³-hybridized carbons (Fsp3) is 0. The van der Waals surface area contributed by atoms with Crippen molar-refractivity contribution >= 4 is 76.5 Å². The number of nitrogens with zero attached hydrogens (tertiary/aromatic N) is 1. The molecular formula is C46H25NO2. The molecule has 3 heterocycles. The van der Waals surface area contributed by atoms with Gasteiger partial charge in [-0.2, -0.15) is 0 Å². The first-order valence-electron chi connectivity index (χ1n) is 16.8. The van der Waals surface area contributed by atoms with Gasteiger partial charge in [0.2, 0.25) is 0 Å². The number of fused-ring (bicyclic) bond motifs is 13. The van der Waals surface area contributed by atoms with Crippen LogP contribution in [0.3, 0.4) is 0 Å². The summed E-state index contributed by atoms with van der Waals surface area (Å²) in [5.41, 5.74) is 14.6. The van der Waals surface area contributed by atoms with Gasteiger partial charge in [-0.15, -0.1) is 0 Å². The van der Waals surface area contributed by atoms with E-state index in [2.05, 4.69) is 132 Å². The molecule has 0 amide bonds. The summed E-state index contributed by atoms with van der Waals surface area (Å²) in [6.07, 6.45) is 0. The molecule has 3 aromatic heterocycles. The second kappa shape index (κ2) is 9.06. The van der Waals surface area contributed by atoms with Crippen molar-refractivity contribution in [3.8, 4) is 39.1 Å². The highest BCUT2D eigenvalue weighted by atomic mass is 16.3. The van der Waals surface area contributed by atoms with Gasteiger partial charge in [0.05, 0.1) is 11.0 Å². The number of hydrogen-bond donors (Lipinski definition) is 0. The average molecular weight is 624 g/mol. The Morgan fingerprint density at radius 1 is 0.327 bits per heavy atom. The quantitative estimate of drug-likeness (QED) is 0.192. The molecular weight excluding hydrogens is 599 g/mol. The number of para-hydroxylation sites is 2. The van der Waals surface area contributed by atoms with Crippen LogP contribution in [0, 0.1) is 0 Å². The Bertz CT molecular complexity index is 3220. The van der Waals surface area contributed by atoms with Crippen LogP contribution in [0.25, 0.3) is 116 Å². The third-order valence-corrected chi connectivity index (χ3v) is 10.7. The van der Waals surface area contributed by atoms with Crippen LogP contribution in [0.2, 0.25) is 0 Å². The minimum absolute atomic E-state index is 0.893. The molecule has 0 bridgehead atoms. The predicted molar refractivity (Wildman–Crippen MR) is 203 cm³/mol. The number of rotatable bonds is 2. The summed E-state index contributed by atoms with van der Waals surface area (Å²) < 4.78 is 15.0. The molecule has 0 aliphatic heterocycles. The van der Waals surface area contributed by atoms with Crippen molar-refractivity contribution in [2.75, 3.05) is 0 Å². The standard InChI is InChI=1S/C46H25NO2/c1-2-9-30-29(8-1)34-12-7-13-35-45(34)37(30)25-40-46(35)38-23-26(27-17-21-43-36(22-27)32-11-4-6-15-42(32)48-43)16-20-39(38)47(40)28-18-19-33-31-10-3-5-14-41(31)49-44(33)24-28/h1-25H. The van der Waals surface area contributed by atoms with E-state index in [1.54, 1.807) is 0 Å². The maximum absolute atomic E-state index is 6.40. The van der Waals surface area contributed by atoms with Crippen LogP contribution in [-0.2, 0) is 0 Å². The van der Waals surface area contributed by atoms with Gasteiger partial charge in [-0.1, -0.05) is 91.0 Å². The Hall–Kier alpha value is -6.58. The summed E-state index contributed by atoms with van der Waals surface area (Å²) in [5, 5.41) is 9.66. The fourth-order valence-corrected chi connectivity index (χ4v) is 8.60. The zero-order chi connectivity index (χ0) is 31.8. The van der Waals surface area contributed by atoms with Gasteiger partial charge >= 0.3 is 0 Å². The van der Waals surface area contributed by atoms with Crippen LogP contribution >= 0.6 is 0 Å². The van der Waals surface area contributed by atoms with Gasteiger partial charge in [0, 0.05) is 44.1 Å². The Labute approximate surface area is 279 Å². The monoisotopic (exact) mass is 623 g/mol. The molecule has 0 saturated heterocycles. The number of aromatic nitrogens is 1. The molecule has 1 aliphatic rings. The maximum Gasteiger partial charge on any atom is 0.137 e. The average Bonchev–Trinajstić information content (AvgIpc) is 3.89.